The highest BCUT2D eigenvalue weighted by atomic mass is 35.5. The van der Waals surface area contributed by atoms with Gasteiger partial charge >= 0.3 is 5.97 Å². The second kappa shape index (κ2) is 13.4. The molecule has 1 N–H and O–H groups in total. The lowest BCUT2D eigenvalue weighted by Crippen LogP contribution is -2.34. The van der Waals surface area contributed by atoms with Crippen molar-refractivity contribution in [2.45, 2.75) is 52.4 Å². The van der Waals surface area contributed by atoms with Gasteiger partial charge in [-0.2, -0.15) is 0 Å². The molecule has 44 heavy (non-hydrogen) atoms. The van der Waals surface area contributed by atoms with E-state index in [4.69, 9.17) is 37.9 Å². The maximum absolute atomic E-state index is 11.7. The molecule has 5 aromatic rings. The van der Waals surface area contributed by atoms with Gasteiger partial charge in [0.05, 0.1) is 52.4 Å². The maximum atomic E-state index is 11.7. The fourth-order valence-electron chi connectivity index (χ4n) is 5.84. The minimum Gasteiger partial charge on any atom is -0.486 e. The summed E-state index contributed by atoms with van der Waals surface area (Å²) in [5.74, 6) is 1.11. The van der Waals surface area contributed by atoms with Gasteiger partial charge in [-0.3, -0.25) is 9.88 Å². The van der Waals surface area contributed by atoms with Gasteiger partial charge in [-0.05, 0) is 93.7 Å². The molecule has 0 unspecified atom stereocenters. The number of ether oxygens (including phenoxy) is 1. The van der Waals surface area contributed by atoms with Crippen LogP contribution in [0.5, 0.6) is 5.75 Å². The molecule has 3 aromatic heterocycles. The van der Waals surface area contributed by atoms with Crippen molar-refractivity contribution in [3.8, 4) is 5.75 Å². The number of rotatable bonds is 11. The van der Waals surface area contributed by atoms with E-state index in [0.717, 1.165) is 72.8 Å². The maximum Gasteiger partial charge on any atom is 0.335 e. The summed E-state index contributed by atoms with van der Waals surface area (Å²) in [4.78, 5) is 28.3. The fourth-order valence-corrected chi connectivity index (χ4v) is 6.30. The average Bonchev–Trinajstić information content (AvgIpc) is 3.61. The van der Waals surface area contributed by atoms with E-state index >= 15 is 0 Å². The topological polar surface area (TPSA) is 98.3 Å². The van der Waals surface area contributed by atoms with Gasteiger partial charge in [-0.15, -0.1) is 0 Å². The molecule has 0 radical (unpaired) electrons. The number of nitrogens with zero attached hydrogens (tertiary/aromatic N) is 6. The van der Waals surface area contributed by atoms with E-state index in [2.05, 4.69) is 32.0 Å². The number of carboxylic acids is 1. The molecule has 0 amide bonds. The van der Waals surface area contributed by atoms with Crippen LogP contribution in [0.4, 0.5) is 0 Å². The van der Waals surface area contributed by atoms with Crippen LogP contribution >= 0.6 is 23.2 Å². The number of carbonyl (C=O) groups is 1. The molecule has 1 saturated heterocycles. The SMILES string of the molecule is CCn1cncc1Cn1c(CN2CCC(Cc3cccc(COc4ccc(Cl)cc4Cl)n3)CC2)nc2ccc(C(=O)O)cc21. The Kier molecular flexibility index (Phi) is 9.16. The number of benzene rings is 2. The molecule has 9 nitrogen and oxygen atoms in total. The normalized spacial score (nSPS) is 14.3. The van der Waals surface area contributed by atoms with E-state index < -0.39 is 5.97 Å². The number of halogens is 2. The number of hydrogen-bond donors (Lipinski definition) is 1. The lowest BCUT2D eigenvalue weighted by atomic mass is 9.92. The van der Waals surface area contributed by atoms with Crippen LogP contribution in [0, 0.1) is 5.92 Å². The van der Waals surface area contributed by atoms with Crippen molar-refractivity contribution < 1.29 is 14.6 Å². The number of likely N-dealkylation sites (tertiary alicyclic amines) is 1. The highest BCUT2D eigenvalue weighted by Gasteiger charge is 2.23. The molecule has 0 bridgehead atoms. The van der Waals surface area contributed by atoms with Gasteiger partial charge in [0.25, 0.3) is 0 Å². The summed E-state index contributed by atoms with van der Waals surface area (Å²) in [5, 5.41) is 10.7. The molecule has 11 heteroatoms. The van der Waals surface area contributed by atoms with Gasteiger partial charge in [-0.1, -0.05) is 29.3 Å². The number of aromatic carboxylic acids is 1. The van der Waals surface area contributed by atoms with Crippen LogP contribution in [0.2, 0.25) is 10.0 Å². The monoisotopic (exact) mass is 632 g/mol. The fraction of sp³-hybridized carbons (Fsp3) is 0.333. The predicted molar refractivity (Wildman–Crippen MR) is 170 cm³/mol. The summed E-state index contributed by atoms with van der Waals surface area (Å²) in [6.45, 7) is 6.42. The van der Waals surface area contributed by atoms with Crippen LogP contribution in [-0.2, 0) is 32.7 Å². The number of carboxylic acid groups (broad SMARTS) is 1. The zero-order chi connectivity index (χ0) is 30.6. The van der Waals surface area contributed by atoms with E-state index in [1.165, 1.54) is 0 Å². The van der Waals surface area contributed by atoms with Gasteiger partial charge in [-0.25, -0.2) is 14.8 Å². The van der Waals surface area contributed by atoms with E-state index in [1.54, 1.807) is 36.4 Å². The first kappa shape index (κ1) is 30.1. The molecule has 1 aliphatic rings. The van der Waals surface area contributed by atoms with Gasteiger partial charge in [0, 0.05) is 23.5 Å². The largest absolute Gasteiger partial charge is 0.486 e. The standard InChI is InChI=1S/C33H34Cl2N6O3/c1-2-40-21-36-17-27(40)18-41-30-15-23(33(42)43)6-8-29(30)38-32(41)19-39-12-10-22(11-13-39)14-25-4-3-5-26(37-25)20-44-31-9-7-24(34)16-28(31)35/h3-9,15-17,21-22H,2,10-14,18-20H2,1H3,(H,42,43). The second-order valence-electron chi connectivity index (χ2n) is 11.2. The van der Waals surface area contributed by atoms with Gasteiger partial charge in [0.2, 0.25) is 0 Å². The van der Waals surface area contributed by atoms with E-state index in [0.29, 0.717) is 41.4 Å². The zero-order valence-corrected chi connectivity index (χ0v) is 26.0. The first-order chi connectivity index (χ1) is 21.4. The lowest BCUT2D eigenvalue weighted by molar-refractivity contribution is 0.0697. The molecular formula is C33H34Cl2N6O3. The van der Waals surface area contributed by atoms with Gasteiger partial charge in [0.15, 0.2) is 0 Å². The highest BCUT2D eigenvalue weighted by molar-refractivity contribution is 6.35. The number of aromatic nitrogens is 5. The first-order valence-electron chi connectivity index (χ1n) is 14.8. The number of hydrogen-bond acceptors (Lipinski definition) is 6. The summed E-state index contributed by atoms with van der Waals surface area (Å²) in [5.41, 5.74) is 4.87. The van der Waals surface area contributed by atoms with Crippen molar-refractivity contribution in [1.29, 1.82) is 0 Å². The molecule has 0 spiro atoms. The van der Waals surface area contributed by atoms with E-state index in [1.807, 2.05) is 24.7 Å². The van der Waals surface area contributed by atoms with Gasteiger partial charge < -0.3 is 19.0 Å². The zero-order valence-electron chi connectivity index (χ0n) is 24.5. The smallest absolute Gasteiger partial charge is 0.335 e. The van der Waals surface area contributed by atoms with Gasteiger partial charge in [0.1, 0.15) is 18.2 Å². The summed E-state index contributed by atoms with van der Waals surface area (Å²) in [6.07, 6.45) is 6.74. The average molecular weight is 634 g/mol. The number of fused-ring (bicyclic) bond motifs is 1. The van der Waals surface area contributed by atoms with Crippen molar-refractivity contribution >= 4 is 40.2 Å². The van der Waals surface area contributed by atoms with Crippen molar-refractivity contribution in [2.24, 2.45) is 5.92 Å². The molecule has 2 aromatic carbocycles. The first-order valence-corrected chi connectivity index (χ1v) is 15.6. The molecule has 228 valence electrons. The third kappa shape index (κ3) is 6.90. The molecule has 6 rings (SSSR count). The van der Waals surface area contributed by atoms with Crippen molar-refractivity contribution in [3.63, 3.8) is 0 Å². The molecule has 0 saturated carbocycles. The molecule has 1 fully saturated rings. The summed E-state index contributed by atoms with van der Waals surface area (Å²) in [7, 11) is 0. The van der Waals surface area contributed by atoms with Crippen molar-refractivity contribution in [1.82, 2.24) is 29.0 Å². The van der Waals surface area contributed by atoms with Crippen LogP contribution in [0.3, 0.4) is 0 Å². The quantitative estimate of drug-likeness (QED) is 0.172. The van der Waals surface area contributed by atoms with Crippen molar-refractivity contribution in [3.05, 3.63) is 106 Å². The Hall–Kier alpha value is -3.92. The molecule has 0 aliphatic carbocycles. The van der Waals surface area contributed by atoms with Crippen LogP contribution in [0.25, 0.3) is 11.0 Å². The Morgan fingerprint density at radius 1 is 1.02 bits per heavy atom. The lowest BCUT2D eigenvalue weighted by Gasteiger charge is -2.31. The van der Waals surface area contributed by atoms with Crippen molar-refractivity contribution in [2.75, 3.05) is 13.1 Å². The third-order valence-electron chi connectivity index (χ3n) is 8.24. The van der Waals surface area contributed by atoms with Crippen LogP contribution in [0.1, 0.15) is 53.0 Å². The number of piperidine rings is 1. The Balaban J connectivity index is 1.10. The van der Waals surface area contributed by atoms with E-state index in [-0.39, 0.29) is 5.56 Å². The van der Waals surface area contributed by atoms with Crippen LogP contribution in [0.15, 0.2) is 67.1 Å². The summed E-state index contributed by atoms with van der Waals surface area (Å²) < 4.78 is 10.1. The summed E-state index contributed by atoms with van der Waals surface area (Å²) in [6, 6.07) is 16.4. The number of aryl methyl sites for hydroxylation is 1. The van der Waals surface area contributed by atoms with Crippen LogP contribution < -0.4 is 4.74 Å². The Morgan fingerprint density at radius 2 is 1.84 bits per heavy atom. The Labute approximate surface area is 266 Å². The predicted octanol–water partition coefficient (Wildman–Crippen LogP) is 6.73. The number of imidazole rings is 2. The van der Waals surface area contributed by atoms with E-state index in [9.17, 15) is 9.90 Å². The molecular weight excluding hydrogens is 599 g/mol. The Morgan fingerprint density at radius 3 is 2.61 bits per heavy atom. The highest BCUT2D eigenvalue weighted by Crippen LogP contribution is 2.29. The minimum absolute atomic E-state index is 0.257. The molecule has 1 aliphatic heterocycles. The summed E-state index contributed by atoms with van der Waals surface area (Å²) >= 11 is 12.2. The third-order valence-corrected chi connectivity index (χ3v) is 8.77. The molecule has 0 atom stereocenters. The minimum atomic E-state index is -0.944. The second-order valence-corrected chi connectivity index (χ2v) is 12.0. The number of pyridine rings is 1. The van der Waals surface area contributed by atoms with Crippen LogP contribution in [-0.4, -0.2) is 53.2 Å². The Bertz CT molecular complexity index is 1780. The molecule has 4 heterocycles.